The van der Waals surface area contributed by atoms with Crippen molar-refractivity contribution in [2.45, 2.75) is 25.7 Å². The van der Waals surface area contributed by atoms with Crippen LogP contribution in [-0.4, -0.2) is 24.1 Å². The maximum atomic E-state index is 12.6. The number of halogens is 1. The number of carbonyl (C=O) groups excluding carboxylic acids is 1. The van der Waals surface area contributed by atoms with Crippen LogP contribution in [0, 0.1) is 13.8 Å². The molecule has 1 amide bonds. The molecule has 0 bridgehead atoms. The van der Waals surface area contributed by atoms with Crippen molar-refractivity contribution in [2.24, 2.45) is 0 Å². The van der Waals surface area contributed by atoms with Crippen molar-refractivity contribution in [3.63, 3.8) is 0 Å². The summed E-state index contributed by atoms with van der Waals surface area (Å²) < 4.78 is 29.4. The van der Waals surface area contributed by atoms with E-state index in [1.54, 1.807) is 28.9 Å². The van der Waals surface area contributed by atoms with Gasteiger partial charge in [0.25, 0.3) is 10.0 Å². The lowest BCUT2D eigenvalue weighted by Gasteiger charge is -2.10. The van der Waals surface area contributed by atoms with Crippen LogP contribution in [0.4, 0.5) is 11.4 Å². The van der Waals surface area contributed by atoms with Gasteiger partial charge in [0.05, 0.1) is 27.0 Å². The van der Waals surface area contributed by atoms with Gasteiger partial charge in [-0.3, -0.25) is 9.52 Å². The van der Waals surface area contributed by atoms with Crippen LogP contribution in [0.3, 0.4) is 0 Å². The highest BCUT2D eigenvalue weighted by Crippen LogP contribution is 2.24. The summed E-state index contributed by atoms with van der Waals surface area (Å²) in [5.41, 5.74) is 3.26. The zero-order valence-corrected chi connectivity index (χ0v) is 17.1. The number of aromatic nitrogens is 2. The maximum Gasteiger partial charge on any atom is 0.261 e. The second-order valence-corrected chi connectivity index (χ2v) is 8.31. The number of carbonyl (C=O) groups is 1. The number of hydrogen-bond acceptors (Lipinski definition) is 4. The summed E-state index contributed by atoms with van der Waals surface area (Å²) in [6.07, 6.45) is 0. The number of anilines is 2. The van der Waals surface area contributed by atoms with Crippen LogP contribution in [0.25, 0.3) is 5.69 Å². The molecule has 0 aliphatic rings. The molecule has 2 N–H and O–H groups in total. The predicted molar refractivity (Wildman–Crippen MR) is 110 cm³/mol. The van der Waals surface area contributed by atoms with Crippen molar-refractivity contribution in [1.82, 2.24) is 9.78 Å². The Hall–Kier alpha value is -2.84. The number of hydrogen-bond donors (Lipinski definition) is 2. The summed E-state index contributed by atoms with van der Waals surface area (Å²) in [6, 6.07) is 12.8. The Morgan fingerprint density at radius 1 is 1.00 bits per heavy atom. The molecule has 146 valence electrons. The topological polar surface area (TPSA) is 93.1 Å². The number of sulfonamides is 1. The van der Waals surface area contributed by atoms with E-state index >= 15 is 0 Å². The molecule has 0 radical (unpaired) electrons. The van der Waals surface area contributed by atoms with Crippen molar-refractivity contribution in [3.05, 3.63) is 64.9 Å². The summed E-state index contributed by atoms with van der Waals surface area (Å²) in [6.45, 7) is 5.07. The average Bonchev–Trinajstić information content (AvgIpc) is 2.89. The fourth-order valence-electron chi connectivity index (χ4n) is 2.68. The molecule has 9 heteroatoms. The standard InChI is InChI=1S/C19H19ClN4O3S/c1-12-19(20)13(2)24(22-12)17-8-4-16(5-9-17)23-28(26,27)18-10-6-15(7-11-18)21-14(3)25/h4-11,23H,1-3H3,(H,21,25). The van der Waals surface area contributed by atoms with Crippen molar-refractivity contribution in [3.8, 4) is 5.69 Å². The molecule has 3 aromatic rings. The van der Waals surface area contributed by atoms with E-state index in [9.17, 15) is 13.2 Å². The quantitative estimate of drug-likeness (QED) is 0.657. The van der Waals surface area contributed by atoms with Gasteiger partial charge in [0.1, 0.15) is 0 Å². The fraction of sp³-hybridized carbons (Fsp3) is 0.158. The number of nitrogens with one attached hydrogen (secondary N) is 2. The maximum absolute atomic E-state index is 12.6. The van der Waals surface area contributed by atoms with E-state index in [1.165, 1.54) is 31.2 Å². The highest BCUT2D eigenvalue weighted by atomic mass is 35.5. The van der Waals surface area contributed by atoms with Gasteiger partial charge in [-0.2, -0.15) is 5.10 Å². The second kappa shape index (κ2) is 7.65. The second-order valence-electron chi connectivity index (χ2n) is 6.25. The summed E-state index contributed by atoms with van der Waals surface area (Å²) in [4.78, 5) is 11.1. The molecule has 0 saturated heterocycles. The molecule has 1 heterocycles. The Kier molecular flexibility index (Phi) is 5.44. The lowest BCUT2D eigenvalue weighted by molar-refractivity contribution is -0.114. The number of aryl methyl sites for hydroxylation is 1. The predicted octanol–water partition coefficient (Wildman–Crippen LogP) is 3.90. The first kappa shape index (κ1) is 19.9. The molecule has 28 heavy (non-hydrogen) atoms. The summed E-state index contributed by atoms with van der Waals surface area (Å²) >= 11 is 6.18. The third-order valence-electron chi connectivity index (χ3n) is 4.05. The Labute approximate surface area is 168 Å². The minimum absolute atomic E-state index is 0.0935. The molecule has 0 aliphatic carbocycles. The first-order chi connectivity index (χ1) is 13.2. The van der Waals surface area contributed by atoms with E-state index in [0.29, 0.717) is 16.4 Å². The Morgan fingerprint density at radius 3 is 2.07 bits per heavy atom. The van der Waals surface area contributed by atoms with Crippen molar-refractivity contribution in [1.29, 1.82) is 0 Å². The third kappa shape index (κ3) is 4.18. The van der Waals surface area contributed by atoms with Gasteiger partial charge in [-0.15, -0.1) is 0 Å². The van der Waals surface area contributed by atoms with Crippen LogP contribution in [0.15, 0.2) is 53.4 Å². The van der Waals surface area contributed by atoms with E-state index in [2.05, 4.69) is 15.1 Å². The zero-order chi connectivity index (χ0) is 20.5. The SMILES string of the molecule is CC(=O)Nc1ccc(S(=O)(=O)Nc2ccc(-n3nc(C)c(Cl)c3C)cc2)cc1. The van der Waals surface area contributed by atoms with Crippen LogP contribution < -0.4 is 10.0 Å². The molecule has 3 rings (SSSR count). The molecular weight excluding hydrogens is 400 g/mol. The van der Waals surface area contributed by atoms with Crippen LogP contribution in [0.2, 0.25) is 5.02 Å². The van der Waals surface area contributed by atoms with E-state index in [0.717, 1.165) is 17.1 Å². The zero-order valence-electron chi connectivity index (χ0n) is 15.5. The minimum Gasteiger partial charge on any atom is -0.326 e. The monoisotopic (exact) mass is 418 g/mol. The normalized spacial score (nSPS) is 11.3. The van der Waals surface area contributed by atoms with Crippen molar-refractivity contribution < 1.29 is 13.2 Å². The molecule has 0 atom stereocenters. The number of benzene rings is 2. The lowest BCUT2D eigenvalue weighted by atomic mass is 10.3. The summed E-state index contributed by atoms with van der Waals surface area (Å²) in [5, 5.41) is 7.57. The van der Waals surface area contributed by atoms with E-state index in [4.69, 9.17) is 11.6 Å². The highest BCUT2D eigenvalue weighted by Gasteiger charge is 2.15. The van der Waals surface area contributed by atoms with E-state index in [1.807, 2.05) is 13.8 Å². The molecule has 0 unspecified atom stereocenters. The first-order valence-electron chi connectivity index (χ1n) is 8.40. The molecule has 7 nitrogen and oxygen atoms in total. The van der Waals surface area contributed by atoms with Crippen molar-refractivity contribution >= 4 is 38.9 Å². The van der Waals surface area contributed by atoms with Crippen LogP contribution in [-0.2, 0) is 14.8 Å². The number of amides is 1. The van der Waals surface area contributed by atoms with E-state index in [-0.39, 0.29) is 10.8 Å². The van der Waals surface area contributed by atoms with Crippen LogP contribution in [0.5, 0.6) is 0 Å². The largest absolute Gasteiger partial charge is 0.326 e. The Bertz CT molecular complexity index is 1120. The molecule has 0 aliphatic heterocycles. The van der Waals surface area contributed by atoms with Crippen LogP contribution in [0.1, 0.15) is 18.3 Å². The van der Waals surface area contributed by atoms with E-state index < -0.39 is 10.0 Å². The van der Waals surface area contributed by atoms with Crippen LogP contribution >= 0.6 is 11.6 Å². The molecule has 0 saturated carbocycles. The van der Waals surface area contributed by atoms with Crippen molar-refractivity contribution in [2.75, 3.05) is 10.0 Å². The van der Waals surface area contributed by atoms with Gasteiger partial charge < -0.3 is 5.32 Å². The molecule has 0 spiro atoms. The fourth-order valence-corrected chi connectivity index (χ4v) is 3.86. The van der Waals surface area contributed by atoms with Gasteiger partial charge in [0, 0.05) is 18.3 Å². The molecule has 1 aromatic heterocycles. The van der Waals surface area contributed by atoms with Gasteiger partial charge in [-0.25, -0.2) is 13.1 Å². The van der Waals surface area contributed by atoms with Gasteiger partial charge in [-0.1, -0.05) is 11.6 Å². The summed E-state index contributed by atoms with van der Waals surface area (Å²) in [7, 11) is -3.75. The Morgan fingerprint density at radius 2 is 1.57 bits per heavy atom. The van der Waals surface area contributed by atoms with Gasteiger partial charge in [0.15, 0.2) is 0 Å². The number of nitrogens with zero attached hydrogens (tertiary/aromatic N) is 2. The average molecular weight is 419 g/mol. The lowest BCUT2D eigenvalue weighted by Crippen LogP contribution is -2.13. The highest BCUT2D eigenvalue weighted by molar-refractivity contribution is 7.92. The molecular formula is C19H19ClN4O3S. The van der Waals surface area contributed by atoms with Gasteiger partial charge in [-0.05, 0) is 62.4 Å². The smallest absolute Gasteiger partial charge is 0.261 e. The molecule has 2 aromatic carbocycles. The minimum atomic E-state index is -3.75. The van der Waals surface area contributed by atoms with Gasteiger partial charge >= 0.3 is 0 Å². The third-order valence-corrected chi connectivity index (χ3v) is 6.00. The Balaban J connectivity index is 1.79. The molecule has 0 fully saturated rings. The summed E-state index contributed by atoms with van der Waals surface area (Å²) in [5.74, 6) is -0.224. The first-order valence-corrected chi connectivity index (χ1v) is 10.3. The van der Waals surface area contributed by atoms with Gasteiger partial charge in [0.2, 0.25) is 5.91 Å². The number of rotatable bonds is 5.